The fourth-order valence-corrected chi connectivity index (χ4v) is 2.44. The molecule has 3 rings (SSSR count). The molecule has 24 heavy (non-hydrogen) atoms. The molecule has 0 unspecified atom stereocenters. The van der Waals surface area contributed by atoms with Gasteiger partial charge in [-0.25, -0.2) is 0 Å². The summed E-state index contributed by atoms with van der Waals surface area (Å²) in [6.07, 6.45) is 1.06. The molecule has 5 nitrogen and oxygen atoms in total. The highest BCUT2D eigenvalue weighted by atomic mass is 35.5. The van der Waals surface area contributed by atoms with Crippen molar-refractivity contribution in [2.45, 2.75) is 6.42 Å². The zero-order valence-corrected chi connectivity index (χ0v) is 13.8. The van der Waals surface area contributed by atoms with E-state index < -0.39 is 0 Å². The van der Waals surface area contributed by atoms with Gasteiger partial charge in [0, 0.05) is 29.4 Å². The van der Waals surface area contributed by atoms with Crippen LogP contribution in [0.3, 0.4) is 0 Å². The van der Waals surface area contributed by atoms with Crippen molar-refractivity contribution in [1.29, 1.82) is 0 Å². The molecule has 124 valence electrons. The molecule has 0 radical (unpaired) electrons. The first-order chi connectivity index (χ1) is 11.7. The van der Waals surface area contributed by atoms with Crippen molar-refractivity contribution in [3.8, 4) is 5.75 Å². The predicted molar refractivity (Wildman–Crippen MR) is 96.0 cm³/mol. The van der Waals surface area contributed by atoms with Gasteiger partial charge in [0.15, 0.2) is 6.61 Å². The summed E-state index contributed by atoms with van der Waals surface area (Å²) in [5, 5.41) is 6.70. The van der Waals surface area contributed by atoms with Crippen molar-refractivity contribution in [3.63, 3.8) is 0 Å². The van der Waals surface area contributed by atoms with Gasteiger partial charge in [-0.3, -0.25) is 9.79 Å². The molecule has 0 aliphatic carbocycles. The Morgan fingerprint density at radius 2 is 1.92 bits per heavy atom. The zero-order valence-electron chi connectivity index (χ0n) is 13.1. The molecule has 0 atom stereocenters. The van der Waals surface area contributed by atoms with Gasteiger partial charge in [0.05, 0.1) is 0 Å². The van der Waals surface area contributed by atoms with Crippen molar-refractivity contribution in [2.24, 2.45) is 4.99 Å². The quantitative estimate of drug-likeness (QED) is 0.877. The lowest BCUT2D eigenvalue weighted by molar-refractivity contribution is -0.118. The average Bonchev–Trinajstić information content (AvgIpc) is 2.63. The van der Waals surface area contributed by atoms with Crippen molar-refractivity contribution in [3.05, 3.63) is 59.1 Å². The number of halogens is 1. The van der Waals surface area contributed by atoms with Crippen LogP contribution in [0.4, 0.5) is 5.69 Å². The second kappa shape index (κ2) is 7.84. The first-order valence-corrected chi connectivity index (χ1v) is 8.15. The Morgan fingerprint density at radius 1 is 1.17 bits per heavy atom. The van der Waals surface area contributed by atoms with Crippen LogP contribution in [-0.4, -0.2) is 31.4 Å². The lowest BCUT2D eigenvalue weighted by Crippen LogP contribution is -2.30. The summed E-state index contributed by atoms with van der Waals surface area (Å²) in [6.45, 7) is 1.74. The minimum atomic E-state index is -0.217. The number of aliphatic imine (C=N–C) groups is 1. The van der Waals surface area contributed by atoms with Crippen molar-refractivity contribution in [2.75, 3.05) is 25.0 Å². The summed E-state index contributed by atoms with van der Waals surface area (Å²) in [6, 6.07) is 14.5. The monoisotopic (exact) mass is 343 g/mol. The van der Waals surface area contributed by atoms with E-state index in [9.17, 15) is 4.79 Å². The zero-order chi connectivity index (χ0) is 16.8. The Balaban J connectivity index is 1.52. The molecule has 2 aromatic rings. The number of hydrogen-bond acceptors (Lipinski definition) is 4. The van der Waals surface area contributed by atoms with Gasteiger partial charge in [-0.15, -0.1) is 0 Å². The van der Waals surface area contributed by atoms with Crippen LogP contribution < -0.4 is 15.4 Å². The number of amidine groups is 1. The number of hydrogen-bond donors (Lipinski definition) is 2. The van der Waals surface area contributed by atoms with E-state index in [1.165, 1.54) is 0 Å². The normalized spacial score (nSPS) is 13.6. The molecule has 0 bridgehead atoms. The summed E-state index contributed by atoms with van der Waals surface area (Å²) < 4.78 is 5.41. The standard InChI is InChI=1S/C18H18ClN3O2/c19-14-4-8-16(9-5-14)24-12-17(23)22-15-6-2-13(3-7-15)18-20-10-1-11-21-18/h2-9H,1,10-12H2,(H,20,21)(H,22,23). The molecule has 0 spiro atoms. The van der Waals surface area contributed by atoms with Gasteiger partial charge in [-0.1, -0.05) is 11.6 Å². The second-order valence-electron chi connectivity index (χ2n) is 5.38. The number of nitrogens with zero attached hydrogens (tertiary/aromatic N) is 1. The third-order valence-corrected chi connectivity index (χ3v) is 3.77. The summed E-state index contributed by atoms with van der Waals surface area (Å²) in [5.41, 5.74) is 1.74. The molecule has 2 aromatic carbocycles. The second-order valence-corrected chi connectivity index (χ2v) is 5.82. The van der Waals surface area contributed by atoms with Crippen molar-refractivity contribution >= 4 is 29.0 Å². The van der Waals surface area contributed by atoms with Crippen LogP contribution in [0.15, 0.2) is 53.5 Å². The third kappa shape index (κ3) is 4.49. The number of nitrogens with one attached hydrogen (secondary N) is 2. The fraction of sp³-hybridized carbons (Fsp3) is 0.222. The Labute approximate surface area is 145 Å². The topological polar surface area (TPSA) is 62.7 Å². The van der Waals surface area contributed by atoms with Gasteiger partial charge >= 0.3 is 0 Å². The summed E-state index contributed by atoms with van der Waals surface area (Å²) in [5.74, 6) is 1.29. The van der Waals surface area contributed by atoms with Gasteiger partial charge in [-0.2, -0.15) is 0 Å². The lowest BCUT2D eigenvalue weighted by Gasteiger charge is -2.15. The van der Waals surface area contributed by atoms with Crippen LogP contribution in [0.1, 0.15) is 12.0 Å². The molecule has 1 heterocycles. The van der Waals surface area contributed by atoms with Crippen LogP contribution in [0.2, 0.25) is 5.02 Å². The maximum atomic E-state index is 11.9. The number of carbonyl (C=O) groups excluding carboxylic acids is 1. The summed E-state index contributed by atoms with van der Waals surface area (Å²) in [4.78, 5) is 16.4. The third-order valence-electron chi connectivity index (χ3n) is 3.52. The highest BCUT2D eigenvalue weighted by Crippen LogP contribution is 2.16. The van der Waals surface area contributed by atoms with Crippen LogP contribution in [0.25, 0.3) is 0 Å². The molecular weight excluding hydrogens is 326 g/mol. The van der Waals surface area contributed by atoms with Gasteiger partial charge in [0.25, 0.3) is 5.91 Å². The van der Waals surface area contributed by atoms with E-state index in [2.05, 4.69) is 15.6 Å². The smallest absolute Gasteiger partial charge is 0.262 e. The average molecular weight is 344 g/mol. The number of benzene rings is 2. The van der Waals surface area contributed by atoms with E-state index in [0.717, 1.165) is 36.6 Å². The lowest BCUT2D eigenvalue weighted by atomic mass is 10.1. The number of anilines is 1. The van der Waals surface area contributed by atoms with E-state index >= 15 is 0 Å². The fourth-order valence-electron chi connectivity index (χ4n) is 2.31. The molecular formula is C18H18ClN3O2. The SMILES string of the molecule is O=C(COc1ccc(Cl)cc1)Nc1ccc(C2=NCCCN2)cc1. The number of amides is 1. The van der Waals surface area contributed by atoms with E-state index in [1.807, 2.05) is 24.3 Å². The largest absolute Gasteiger partial charge is 0.484 e. The molecule has 1 aliphatic rings. The Hall–Kier alpha value is -2.53. The number of ether oxygens (including phenoxy) is 1. The highest BCUT2D eigenvalue weighted by Gasteiger charge is 2.08. The van der Waals surface area contributed by atoms with E-state index in [1.54, 1.807) is 24.3 Å². The van der Waals surface area contributed by atoms with Gasteiger partial charge in [0.2, 0.25) is 0 Å². The first-order valence-electron chi connectivity index (χ1n) is 7.78. The molecule has 1 aliphatic heterocycles. The minimum absolute atomic E-state index is 0.0579. The Kier molecular flexibility index (Phi) is 5.33. The molecule has 0 saturated heterocycles. The summed E-state index contributed by atoms with van der Waals surface area (Å²) >= 11 is 5.80. The van der Waals surface area contributed by atoms with Crippen LogP contribution in [0, 0.1) is 0 Å². The predicted octanol–water partition coefficient (Wildman–Crippen LogP) is 3.10. The molecule has 0 saturated carbocycles. The highest BCUT2D eigenvalue weighted by molar-refractivity contribution is 6.30. The number of carbonyl (C=O) groups is 1. The summed E-state index contributed by atoms with van der Waals surface area (Å²) in [7, 11) is 0. The van der Waals surface area contributed by atoms with Gasteiger partial charge < -0.3 is 15.4 Å². The number of rotatable bonds is 5. The van der Waals surface area contributed by atoms with Crippen LogP contribution in [-0.2, 0) is 4.79 Å². The van der Waals surface area contributed by atoms with Crippen molar-refractivity contribution < 1.29 is 9.53 Å². The van der Waals surface area contributed by atoms with Gasteiger partial charge in [-0.05, 0) is 55.0 Å². The molecule has 0 aromatic heterocycles. The maximum Gasteiger partial charge on any atom is 0.262 e. The molecule has 1 amide bonds. The van der Waals surface area contributed by atoms with Crippen LogP contribution in [0.5, 0.6) is 5.75 Å². The Morgan fingerprint density at radius 3 is 2.58 bits per heavy atom. The van der Waals surface area contributed by atoms with Crippen LogP contribution >= 0.6 is 11.6 Å². The Bertz CT molecular complexity index is 727. The first kappa shape index (κ1) is 16.3. The van der Waals surface area contributed by atoms with E-state index in [0.29, 0.717) is 10.8 Å². The van der Waals surface area contributed by atoms with E-state index in [4.69, 9.17) is 16.3 Å². The molecule has 2 N–H and O–H groups in total. The van der Waals surface area contributed by atoms with E-state index in [-0.39, 0.29) is 12.5 Å². The van der Waals surface area contributed by atoms with Crippen molar-refractivity contribution in [1.82, 2.24) is 5.32 Å². The minimum Gasteiger partial charge on any atom is -0.484 e. The molecule has 6 heteroatoms. The maximum absolute atomic E-state index is 11.9. The van der Waals surface area contributed by atoms with Gasteiger partial charge in [0.1, 0.15) is 11.6 Å². The molecule has 0 fully saturated rings.